The molecule has 0 aromatic heterocycles. The summed E-state index contributed by atoms with van der Waals surface area (Å²) >= 11 is 0. The summed E-state index contributed by atoms with van der Waals surface area (Å²) in [4.78, 5) is 11.6. The fourth-order valence-corrected chi connectivity index (χ4v) is 4.11. The molecule has 1 aliphatic rings. The Balaban J connectivity index is 2.30. The minimum absolute atomic E-state index is 0.0149. The van der Waals surface area contributed by atoms with Crippen LogP contribution in [0.15, 0.2) is 12.2 Å². The van der Waals surface area contributed by atoms with E-state index in [1.165, 1.54) is 0 Å². The lowest BCUT2D eigenvalue weighted by Crippen LogP contribution is -2.25. The molecule has 0 bridgehead atoms. The number of aliphatic hydroxyl groups is 5. The molecule has 7 heteroatoms. The van der Waals surface area contributed by atoms with E-state index in [1.54, 1.807) is 6.08 Å². The number of hydrogen-bond donors (Lipinski definition) is 5. The molecule has 0 spiro atoms. The van der Waals surface area contributed by atoms with Gasteiger partial charge in [0.2, 0.25) is 0 Å². The lowest BCUT2D eigenvalue weighted by Gasteiger charge is -2.21. The summed E-state index contributed by atoms with van der Waals surface area (Å²) in [5.41, 5.74) is 0. The van der Waals surface area contributed by atoms with Crippen molar-refractivity contribution in [2.45, 2.75) is 102 Å². The SMILES string of the molecule is CCCCC[C@H](O)/C=C/[C@@H]1[C@@H](CCCCCCC(=O)OC(CO)CO)[C@@H](O)C[C@H]1O. The molecule has 5 atom stereocenters. The molecule has 30 heavy (non-hydrogen) atoms. The van der Waals surface area contributed by atoms with Gasteiger partial charge in [-0.1, -0.05) is 57.6 Å². The van der Waals surface area contributed by atoms with Gasteiger partial charge in [0.15, 0.2) is 0 Å². The van der Waals surface area contributed by atoms with Crippen LogP contribution < -0.4 is 0 Å². The topological polar surface area (TPSA) is 127 Å². The third-order valence-corrected chi connectivity index (χ3v) is 5.95. The van der Waals surface area contributed by atoms with Gasteiger partial charge in [0.1, 0.15) is 6.10 Å². The van der Waals surface area contributed by atoms with Gasteiger partial charge in [-0.15, -0.1) is 0 Å². The summed E-state index contributed by atoms with van der Waals surface area (Å²) in [6, 6.07) is 0. The molecule has 176 valence electrons. The second-order valence-electron chi connectivity index (χ2n) is 8.49. The van der Waals surface area contributed by atoms with Gasteiger partial charge in [-0.3, -0.25) is 4.79 Å². The molecule has 5 N–H and O–H groups in total. The van der Waals surface area contributed by atoms with Crippen LogP contribution >= 0.6 is 0 Å². The highest BCUT2D eigenvalue weighted by Crippen LogP contribution is 2.37. The molecule has 7 nitrogen and oxygen atoms in total. The molecule has 0 heterocycles. The van der Waals surface area contributed by atoms with Crippen molar-refractivity contribution in [1.82, 2.24) is 0 Å². The van der Waals surface area contributed by atoms with Crippen molar-refractivity contribution in [3.8, 4) is 0 Å². The molecular weight excluding hydrogens is 388 g/mol. The maximum absolute atomic E-state index is 11.6. The summed E-state index contributed by atoms with van der Waals surface area (Å²) in [5, 5.41) is 48.5. The molecule has 1 aliphatic carbocycles. The van der Waals surface area contributed by atoms with Gasteiger partial charge in [-0.05, 0) is 25.2 Å². The predicted molar refractivity (Wildman–Crippen MR) is 115 cm³/mol. The Kier molecular flexibility index (Phi) is 14.2. The summed E-state index contributed by atoms with van der Waals surface area (Å²) in [7, 11) is 0. The Hall–Kier alpha value is -0.990. The number of carbonyl (C=O) groups is 1. The Morgan fingerprint density at radius 3 is 2.40 bits per heavy atom. The van der Waals surface area contributed by atoms with Gasteiger partial charge >= 0.3 is 5.97 Å². The summed E-state index contributed by atoms with van der Waals surface area (Å²) < 4.78 is 4.93. The van der Waals surface area contributed by atoms with E-state index < -0.39 is 30.4 Å². The van der Waals surface area contributed by atoms with Crippen molar-refractivity contribution < 1.29 is 35.1 Å². The van der Waals surface area contributed by atoms with Gasteiger partial charge < -0.3 is 30.3 Å². The van der Waals surface area contributed by atoms with E-state index in [0.717, 1.165) is 51.4 Å². The van der Waals surface area contributed by atoms with Crippen LogP contribution in [0.3, 0.4) is 0 Å². The molecule has 0 saturated heterocycles. The van der Waals surface area contributed by atoms with E-state index in [-0.39, 0.29) is 31.5 Å². The molecule has 1 rings (SSSR count). The van der Waals surface area contributed by atoms with Crippen molar-refractivity contribution >= 4 is 5.97 Å². The summed E-state index contributed by atoms with van der Waals surface area (Å²) in [5.74, 6) is -0.566. The Bertz CT molecular complexity index is 478. The Morgan fingerprint density at radius 2 is 1.73 bits per heavy atom. The zero-order valence-corrected chi connectivity index (χ0v) is 18.4. The molecule has 1 fully saturated rings. The second-order valence-corrected chi connectivity index (χ2v) is 8.49. The summed E-state index contributed by atoms with van der Waals surface area (Å²) in [6.45, 7) is 1.35. The lowest BCUT2D eigenvalue weighted by atomic mass is 9.88. The van der Waals surface area contributed by atoms with E-state index in [4.69, 9.17) is 14.9 Å². The van der Waals surface area contributed by atoms with Crippen molar-refractivity contribution in [3.05, 3.63) is 12.2 Å². The minimum Gasteiger partial charge on any atom is -0.457 e. The van der Waals surface area contributed by atoms with Crippen LogP contribution in [0.2, 0.25) is 0 Å². The fraction of sp³-hybridized carbons (Fsp3) is 0.870. The number of carbonyl (C=O) groups excluding carboxylic acids is 1. The molecule has 0 aromatic carbocycles. The number of unbranched alkanes of at least 4 members (excludes halogenated alkanes) is 5. The highest BCUT2D eigenvalue weighted by molar-refractivity contribution is 5.69. The van der Waals surface area contributed by atoms with E-state index in [9.17, 15) is 20.1 Å². The van der Waals surface area contributed by atoms with Crippen LogP contribution in [-0.2, 0) is 9.53 Å². The molecule has 0 aliphatic heterocycles. The van der Waals surface area contributed by atoms with Crippen LogP contribution in [0, 0.1) is 11.8 Å². The fourth-order valence-electron chi connectivity index (χ4n) is 4.11. The van der Waals surface area contributed by atoms with Gasteiger partial charge in [-0.25, -0.2) is 0 Å². The quantitative estimate of drug-likeness (QED) is 0.144. The Labute approximate surface area is 180 Å². The zero-order valence-electron chi connectivity index (χ0n) is 18.4. The van der Waals surface area contributed by atoms with Crippen molar-refractivity contribution in [2.75, 3.05) is 13.2 Å². The first-order chi connectivity index (χ1) is 14.4. The maximum atomic E-state index is 11.6. The maximum Gasteiger partial charge on any atom is 0.306 e. The molecule has 0 radical (unpaired) electrons. The number of ether oxygens (including phenoxy) is 1. The Morgan fingerprint density at radius 1 is 1.03 bits per heavy atom. The van der Waals surface area contributed by atoms with Crippen LogP contribution in [0.5, 0.6) is 0 Å². The third-order valence-electron chi connectivity index (χ3n) is 5.95. The molecule has 0 aromatic rings. The summed E-state index contributed by atoms with van der Waals surface area (Å²) in [6.07, 6.45) is 9.84. The van der Waals surface area contributed by atoms with E-state index >= 15 is 0 Å². The first-order valence-corrected chi connectivity index (χ1v) is 11.6. The molecule has 1 saturated carbocycles. The van der Waals surface area contributed by atoms with Crippen LogP contribution in [0.4, 0.5) is 0 Å². The number of rotatable bonds is 16. The molecule has 0 amide bonds. The largest absolute Gasteiger partial charge is 0.457 e. The van der Waals surface area contributed by atoms with Gasteiger partial charge in [0.25, 0.3) is 0 Å². The van der Waals surface area contributed by atoms with Crippen LogP contribution in [-0.4, -0.2) is 69.1 Å². The average Bonchev–Trinajstić information content (AvgIpc) is 2.99. The van der Waals surface area contributed by atoms with Gasteiger partial charge in [-0.2, -0.15) is 0 Å². The first kappa shape index (κ1) is 27.0. The van der Waals surface area contributed by atoms with Gasteiger partial charge in [0, 0.05) is 18.8 Å². The van der Waals surface area contributed by atoms with Crippen molar-refractivity contribution in [1.29, 1.82) is 0 Å². The van der Waals surface area contributed by atoms with Crippen LogP contribution in [0.1, 0.15) is 77.6 Å². The highest BCUT2D eigenvalue weighted by Gasteiger charge is 2.39. The van der Waals surface area contributed by atoms with Gasteiger partial charge in [0.05, 0.1) is 31.5 Å². The first-order valence-electron chi connectivity index (χ1n) is 11.6. The van der Waals surface area contributed by atoms with E-state index in [0.29, 0.717) is 12.8 Å². The predicted octanol–water partition coefficient (Wildman–Crippen LogP) is 2.08. The second kappa shape index (κ2) is 15.8. The smallest absolute Gasteiger partial charge is 0.306 e. The van der Waals surface area contributed by atoms with E-state index in [2.05, 4.69) is 6.92 Å². The zero-order chi connectivity index (χ0) is 22.4. The average molecular weight is 431 g/mol. The third kappa shape index (κ3) is 10.4. The normalized spacial score (nSPS) is 25.3. The highest BCUT2D eigenvalue weighted by atomic mass is 16.6. The monoisotopic (exact) mass is 430 g/mol. The van der Waals surface area contributed by atoms with Crippen LogP contribution in [0.25, 0.3) is 0 Å². The minimum atomic E-state index is -0.845. The number of hydrogen-bond acceptors (Lipinski definition) is 7. The number of esters is 1. The van der Waals surface area contributed by atoms with E-state index in [1.807, 2.05) is 6.08 Å². The lowest BCUT2D eigenvalue weighted by molar-refractivity contribution is -0.153. The number of aliphatic hydroxyl groups excluding tert-OH is 5. The van der Waals surface area contributed by atoms with Crippen molar-refractivity contribution in [2.24, 2.45) is 11.8 Å². The standard InChI is InChI=1S/C23H42O7/c1-2-3-6-9-17(26)12-13-20-19(21(27)14-22(20)28)10-7-4-5-8-11-23(29)30-18(15-24)16-25/h12-13,17-22,24-28H,2-11,14-16H2,1H3/b13-12+/t17-,19+,20+,21-,22+/m0/s1. The molecular formula is C23H42O7. The van der Waals surface area contributed by atoms with Crippen molar-refractivity contribution in [3.63, 3.8) is 0 Å². The molecule has 0 unspecified atom stereocenters.